The van der Waals surface area contributed by atoms with E-state index in [1.165, 1.54) is 5.56 Å². The lowest BCUT2D eigenvalue weighted by atomic mass is 10.1. The number of hydrogen-bond acceptors (Lipinski definition) is 5. The molecule has 2 aromatic heterocycles. The summed E-state index contributed by atoms with van der Waals surface area (Å²) in [5.74, 6) is 1.14. The van der Waals surface area contributed by atoms with E-state index < -0.39 is 11.9 Å². The molecule has 10 heteroatoms. The molecule has 160 valence electrons. The van der Waals surface area contributed by atoms with E-state index in [1.807, 2.05) is 31.2 Å². The molecule has 2 N–H and O–H groups in total. The molecule has 3 aromatic rings. The van der Waals surface area contributed by atoms with Crippen LogP contribution in [-0.2, 0) is 19.0 Å². The van der Waals surface area contributed by atoms with E-state index in [0.717, 1.165) is 28.0 Å². The molecule has 30 heavy (non-hydrogen) atoms. The molecule has 0 aliphatic heterocycles. The maximum Gasteiger partial charge on any atom is 0.434 e. The second kappa shape index (κ2) is 9.75. The van der Waals surface area contributed by atoms with Gasteiger partial charge in [-0.3, -0.25) is 4.99 Å². The number of thiazole rings is 1. The Balaban J connectivity index is 1.41. The van der Waals surface area contributed by atoms with E-state index in [0.29, 0.717) is 42.8 Å². The molecule has 6 nitrogen and oxygen atoms in total. The number of aryl methyl sites for hydroxylation is 1. The smallest absolute Gasteiger partial charge is 0.434 e. The first-order valence-corrected chi connectivity index (χ1v) is 10.2. The first-order chi connectivity index (χ1) is 14.3. The molecule has 0 bridgehead atoms. The largest absolute Gasteiger partial charge is 0.444 e. The van der Waals surface area contributed by atoms with Gasteiger partial charge >= 0.3 is 6.18 Å². The van der Waals surface area contributed by atoms with Crippen LogP contribution in [0.4, 0.5) is 13.2 Å². The summed E-state index contributed by atoms with van der Waals surface area (Å²) in [6, 6.07) is 7.95. The second-order valence-corrected chi connectivity index (χ2v) is 7.50. The number of rotatable bonds is 7. The maximum atomic E-state index is 12.6. The molecule has 1 aromatic carbocycles. The Kier molecular flexibility index (Phi) is 7.09. The van der Waals surface area contributed by atoms with Crippen molar-refractivity contribution < 1.29 is 17.6 Å². The Morgan fingerprint density at radius 1 is 1.10 bits per heavy atom. The molecule has 0 radical (unpaired) electrons. The fraction of sp³-hybridized carbons (Fsp3) is 0.350. The Hall–Kier alpha value is -2.88. The zero-order valence-electron chi connectivity index (χ0n) is 16.6. The lowest BCUT2D eigenvalue weighted by molar-refractivity contribution is -0.140. The molecule has 0 fully saturated rings. The maximum absolute atomic E-state index is 12.6. The molecule has 2 heterocycles. The second-order valence-electron chi connectivity index (χ2n) is 6.56. The van der Waals surface area contributed by atoms with Crippen molar-refractivity contribution in [3.8, 4) is 11.5 Å². The van der Waals surface area contributed by atoms with Crippen molar-refractivity contribution in [2.75, 3.05) is 20.1 Å². The molecule has 0 saturated heterocycles. The van der Waals surface area contributed by atoms with Gasteiger partial charge in [0.1, 0.15) is 6.26 Å². The van der Waals surface area contributed by atoms with Gasteiger partial charge in [0.2, 0.25) is 5.89 Å². The zero-order chi connectivity index (χ0) is 21.6. The standard InChI is InChI=1S/C20H22F3N5OS/c1-13-3-5-14(6-4-13)18-27-15(11-29-18)7-9-25-19(24-2)26-10-8-17-28-16(12-30-17)20(21,22)23/h3-6,11-12H,7-10H2,1-2H3,(H2,24,25,26). The minimum Gasteiger partial charge on any atom is -0.444 e. The average Bonchev–Trinajstić information content (AvgIpc) is 3.37. The van der Waals surface area contributed by atoms with Crippen LogP contribution >= 0.6 is 11.3 Å². The lowest BCUT2D eigenvalue weighted by Gasteiger charge is -2.10. The van der Waals surface area contributed by atoms with Crippen molar-refractivity contribution in [2.24, 2.45) is 4.99 Å². The highest BCUT2D eigenvalue weighted by molar-refractivity contribution is 7.09. The molecule has 0 amide bonds. The van der Waals surface area contributed by atoms with Gasteiger partial charge in [0.05, 0.1) is 10.7 Å². The van der Waals surface area contributed by atoms with Gasteiger partial charge in [0, 0.05) is 43.9 Å². The van der Waals surface area contributed by atoms with E-state index in [4.69, 9.17) is 4.42 Å². The van der Waals surface area contributed by atoms with Gasteiger partial charge in [0.15, 0.2) is 11.7 Å². The topological polar surface area (TPSA) is 75.3 Å². The summed E-state index contributed by atoms with van der Waals surface area (Å²) in [6.07, 6.45) is -1.75. The van der Waals surface area contributed by atoms with Crippen LogP contribution in [0.5, 0.6) is 0 Å². The van der Waals surface area contributed by atoms with Crippen LogP contribution in [0.1, 0.15) is 22.0 Å². The predicted octanol–water partition coefficient (Wildman–Crippen LogP) is 4.08. The van der Waals surface area contributed by atoms with E-state index in [1.54, 1.807) is 13.3 Å². The number of halogens is 3. The summed E-state index contributed by atoms with van der Waals surface area (Å²) in [6.45, 7) is 3.02. The Bertz CT molecular complexity index is 979. The number of hydrogen-bond donors (Lipinski definition) is 2. The number of oxazole rings is 1. The summed E-state index contributed by atoms with van der Waals surface area (Å²) in [7, 11) is 1.63. The number of guanidine groups is 1. The number of nitrogens with zero attached hydrogens (tertiary/aromatic N) is 3. The highest BCUT2D eigenvalue weighted by Gasteiger charge is 2.33. The van der Waals surface area contributed by atoms with Crippen LogP contribution in [0.25, 0.3) is 11.5 Å². The fourth-order valence-electron chi connectivity index (χ4n) is 2.62. The Morgan fingerprint density at radius 3 is 2.43 bits per heavy atom. The summed E-state index contributed by atoms with van der Waals surface area (Å²) in [4.78, 5) is 12.2. The summed E-state index contributed by atoms with van der Waals surface area (Å²) in [5.41, 5.74) is 2.07. The number of aromatic nitrogens is 2. The van der Waals surface area contributed by atoms with Crippen molar-refractivity contribution in [3.05, 3.63) is 57.9 Å². The third-order valence-electron chi connectivity index (χ3n) is 4.22. The molecule has 0 saturated carbocycles. The minimum absolute atomic E-state index is 0.380. The molecule has 0 aliphatic rings. The molecule has 3 rings (SSSR count). The first kappa shape index (κ1) is 21.8. The Morgan fingerprint density at radius 2 is 1.80 bits per heavy atom. The number of benzene rings is 1. The molecule has 0 aliphatic carbocycles. The number of aliphatic imine (C=N–C) groups is 1. The third-order valence-corrected chi connectivity index (χ3v) is 5.13. The van der Waals surface area contributed by atoms with E-state index in [2.05, 4.69) is 25.6 Å². The van der Waals surface area contributed by atoms with Crippen molar-refractivity contribution in [1.29, 1.82) is 0 Å². The highest BCUT2D eigenvalue weighted by Crippen LogP contribution is 2.30. The highest BCUT2D eigenvalue weighted by atomic mass is 32.1. The van der Waals surface area contributed by atoms with E-state index >= 15 is 0 Å². The zero-order valence-corrected chi connectivity index (χ0v) is 17.4. The van der Waals surface area contributed by atoms with Gasteiger partial charge in [-0.1, -0.05) is 17.7 Å². The van der Waals surface area contributed by atoms with Crippen LogP contribution in [0.3, 0.4) is 0 Å². The number of alkyl halides is 3. The van der Waals surface area contributed by atoms with E-state index in [-0.39, 0.29) is 0 Å². The minimum atomic E-state index is -4.40. The molecule has 0 spiro atoms. The Labute approximate surface area is 176 Å². The predicted molar refractivity (Wildman–Crippen MR) is 111 cm³/mol. The van der Waals surface area contributed by atoms with Crippen molar-refractivity contribution in [3.63, 3.8) is 0 Å². The van der Waals surface area contributed by atoms with Crippen molar-refractivity contribution in [1.82, 2.24) is 20.6 Å². The average molecular weight is 437 g/mol. The van der Waals surface area contributed by atoms with Crippen LogP contribution in [0, 0.1) is 6.92 Å². The third kappa shape index (κ3) is 6.06. The summed E-state index contributed by atoms with van der Waals surface area (Å²) < 4.78 is 43.3. The van der Waals surface area contributed by atoms with Crippen molar-refractivity contribution >= 4 is 17.3 Å². The van der Waals surface area contributed by atoms with Crippen LogP contribution in [0.15, 0.2) is 45.3 Å². The van der Waals surface area contributed by atoms with Gasteiger partial charge in [-0.15, -0.1) is 11.3 Å². The summed E-state index contributed by atoms with van der Waals surface area (Å²) in [5, 5.41) is 7.68. The van der Waals surface area contributed by atoms with Crippen LogP contribution in [-0.4, -0.2) is 36.1 Å². The van der Waals surface area contributed by atoms with Crippen molar-refractivity contribution in [2.45, 2.75) is 25.9 Å². The van der Waals surface area contributed by atoms with Gasteiger partial charge in [-0.2, -0.15) is 13.2 Å². The number of nitrogens with one attached hydrogen (secondary N) is 2. The van der Waals surface area contributed by atoms with Gasteiger partial charge in [-0.25, -0.2) is 9.97 Å². The van der Waals surface area contributed by atoms with Gasteiger partial charge in [-0.05, 0) is 19.1 Å². The van der Waals surface area contributed by atoms with Gasteiger partial charge in [0.25, 0.3) is 0 Å². The normalized spacial score (nSPS) is 12.2. The van der Waals surface area contributed by atoms with Crippen LogP contribution < -0.4 is 10.6 Å². The molecule has 0 unspecified atom stereocenters. The summed E-state index contributed by atoms with van der Waals surface area (Å²) >= 11 is 1.00. The molecule has 0 atom stereocenters. The van der Waals surface area contributed by atoms with E-state index in [9.17, 15) is 13.2 Å². The molecular formula is C20H22F3N5OS. The lowest BCUT2D eigenvalue weighted by Crippen LogP contribution is -2.39. The quantitative estimate of drug-likeness (QED) is 0.430. The van der Waals surface area contributed by atoms with Gasteiger partial charge < -0.3 is 15.1 Å². The first-order valence-electron chi connectivity index (χ1n) is 9.32. The SMILES string of the molecule is CN=C(NCCc1coc(-c2ccc(C)cc2)n1)NCCc1nc(C(F)(F)F)cs1. The van der Waals surface area contributed by atoms with Crippen LogP contribution in [0.2, 0.25) is 0 Å². The molecular weight excluding hydrogens is 415 g/mol. The fourth-order valence-corrected chi connectivity index (χ4v) is 3.43. The monoisotopic (exact) mass is 437 g/mol.